The van der Waals surface area contributed by atoms with Crippen LogP contribution < -0.4 is 0 Å². The van der Waals surface area contributed by atoms with Crippen LogP contribution in [0.15, 0.2) is 36.5 Å². The van der Waals surface area contributed by atoms with Crippen molar-refractivity contribution in [3.05, 3.63) is 36.5 Å². The van der Waals surface area contributed by atoms with E-state index in [2.05, 4.69) is 57.2 Å². The van der Waals surface area contributed by atoms with Crippen molar-refractivity contribution in [1.29, 1.82) is 0 Å². The first-order valence-electron chi connectivity index (χ1n) is 33.0. The first kappa shape index (κ1) is 71.6. The highest BCUT2D eigenvalue weighted by Crippen LogP contribution is 2.18. The molecule has 0 bridgehead atoms. The third-order valence-electron chi connectivity index (χ3n) is 14.9. The number of ether oxygens (including phenoxy) is 3. The van der Waals surface area contributed by atoms with Gasteiger partial charge in [0.1, 0.15) is 13.2 Å². The molecule has 0 aromatic heterocycles. The molecule has 0 aliphatic heterocycles. The minimum absolute atomic E-state index is 0.0700. The summed E-state index contributed by atoms with van der Waals surface area (Å²) in [6, 6.07) is 0. The van der Waals surface area contributed by atoms with E-state index in [0.29, 0.717) is 19.3 Å². The maximum absolute atomic E-state index is 12.8. The van der Waals surface area contributed by atoms with E-state index in [9.17, 15) is 14.4 Å². The van der Waals surface area contributed by atoms with Crippen LogP contribution in [0.2, 0.25) is 0 Å². The fourth-order valence-corrected chi connectivity index (χ4v) is 9.88. The lowest BCUT2D eigenvalue weighted by Gasteiger charge is -2.18. The quantitative estimate of drug-likeness (QED) is 0.0261. The van der Waals surface area contributed by atoms with Crippen molar-refractivity contribution in [3.8, 4) is 0 Å². The smallest absolute Gasteiger partial charge is 0.306 e. The predicted molar refractivity (Wildman–Crippen MR) is 321 cm³/mol. The van der Waals surface area contributed by atoms with E-state index in [1.54, 1.807) is 0 Å². The molecule has 1 atom stereocenters. The van der Waals surface area contributed by atoms with Crippen LogP contribution in [-0.2, 0) is 28.6 Å². The van der Waals surface area contributed by atoms with Crippen LogP contribution in [0.1, 0.15) is 361 Å². The number of allylic oxidation sites excluding steroid dienone is 6. The van der Waals surface area contributed by atoms with E-state index in [1.807, 2.05) is 0 Å². The third-order valence-corrected chi connectivity index (χ3v) is 14.9. The van der Waals surface area contributed by atoms with Crippen LogP contribution in [-0.4, -0.2) is 37.2 Å². The van der Waals surface area contributed by atoms with Gasteiger partial charge in [-0.1, -0.05) is 301 Å². The molecule has 0 heterocycles. The molecule has 6 nitrogen and oxygen atoms in total. The van der Waals surface area contributed by atoms with Crippen LogP contribution in [0.3, 0.4) is 0 Å². The molecule has 0 saturated carbocycles. The Hall–Kier alpha value is -2.37. The van der Waals surface area contributed by atoms with Gasteiger partial charge in [-0.15, -0.1) is 0 Å². The molecule has 0 radical (unpaired) electrons. The van der Waals surface area contributed by atoms with E-state index >= 15 is 0 Å². The maximum atomic E-state index is 12.8. The summed E-state index contributed by atoms with van der Waals surface area (Å²) in [6.45, 7) is 6.62. The molecule has 434 valence electrons. The van der Waals surface area contributed by atoms with Gasteiger partial charge in [0.25, 0.3) is 0 Å². The zero-order valence-electron chi connectivity index (χ0n) is 49.9. The number of hydrogen-bond donors (Lipinski definition) is 0. The zero-order chi connectivity index (χ0) is 53.6. The van der Waals surface area contributed by atoms with Gasteiger partial charge in [-0.3, -0.25) is 14.4 Å². The Kier molecular flexibility index (Phi) is 61.1. The minimum atomic E-state index is -0.770. The number of unbranched alkanes of at least 4 members (excludes halogenated alkanes) is 44. The summed E-state index contributed by atoms with van der Waals surface area (Å²) in [5.74, 6) is -0.863. The second-order valence-corrected chi connectivity index (χ2v) is 22.4. The molecule has 0 spiro atoms. The lowest BCUT2D eigenvalue weighted by atomic mass is 10.0. The summed E-state index contributed by atoms with van der Waals surface area (Å²) in [5.41, 5.74) is 0. The van der Waals surface area contributed by atoms with Crippen LogP contribution in [0.25, 0.3) is 0 Å². The first-order valence-corrected chi connectivity index (χ1v) is 33.0. The Balaban J connectivity index is 3.92. The molecule has 0 aromatic rings. The molecule has 0 aromatic carbocycles. The molecule has 74 heavy (non-hydrogen) atoms. The van der Waals surface area contributed by atoms with Crippen molar-refractivity contribution in [1.82, 2.24) is 0 Å². The first-order chi connectivity index (χ1) is 36.5. The summed E-state index contributed by atoms with van der Waals surface area (Å²) >= 11 is 0. The summed E-state index contributed by atoms with van der Waals surface area (Å²) in [7, 11) is 0. The topological polar surface area (TPSA) is 78.9 Å². The Morgan fingerprint density at radius 3 is 0.784 bits per heavy atom. The van der Waals surface area contributed by atoms with E-state index in [-0.39, 0.29) is 31.1 Å². The van der Waals surface area contributed by atoms with Gasteiger partial charge in [0.15, 0.2) is 6.10 Å². The van der Waals surface area contributed by atoms with Crippen molar-refractivity contribution < 1.29 is 28.6 Å². The highest BCUT2D eigenvalue weighted by molar-refractivity contribution is 5.71. The minimum Gasteiger partial charge on any atom is -0.462 e. The van der Waals surface area contributed by atoms with Crippen LogP contribution in [0, 0.1) is 0 Å². The van der Waals surface area contributed by atoms with Gasteiger partial charge in [-0.2, -0.15) is 0 Å². The van der Waals surface area contributed by atoms with Crippen molar-refractivity contribution in [3.63, 3.8) is 0 Å². The average molecular weight is 1040 g/mol. The third kappa shape index (κ3) is 60.5. The van der Waals surface area contributed by atoms with Crippen LogP contribution in [0.4, 0.5) is 0 Å². The summed E-state index contributed by atoms with van der Waals surface area (Å²) in [6.07, 6.45) is 77.7. The summed E-state index contributed by atoms with van der Waals surface area (Å²) < 4.78 is 16.8. The second-order valence-electron chi connectivity index (χ2n) is 22.4. The maximum Gasteiger partial charge on any atom is 0.306 e. The molecule has 0 amide bonds. The van der Waals surface area contributed by atoms with E-state index < -0.39 is 6.10 Å². The lowest BCUT2D eigenvalue weighted by molar-refractivity contribution is -0.167. The van der Waals surface area contributed by atoms with Crippen molar-refractivity contribution in [2.24, 2.45) is 0 Å². The molecule has 6 heteroatoms. The highest BCUT2D eigenvalue weighted by Gasteiger charge is 2.19. The van der Waals surface area contributed by atoms with E-state index in [4.69, 9.17) is 14.2 Å². The molecule has 0 aliphatic carbocycles. The average Bonchev–Trinajstić information content (AvgIpc) is 3.40. The normalized spacial score (nSPS) is 12.2. The van der Waals surface area contributed by atoms with Crippen molar-refractivity contribution >= 4 is 17.9 Å². The number of hydrogen-bond acceptors (Lipinski definition) is 6. The van der Waals surface area contributed by atoms with Gasteiger partial charge in [0.05, 0.1) is 0 Å². The molecule has 0 N–H and O–H groups in total. The summed E-state index contributed by atoms with van der Waals surface area (Å²) in [4.78, 5) is 38.0. The highest BCUT2D eigenvalue weighted by atomic mass is 16.6. The Labute approximate surface area is 461 Å². The monoisotopic (exact) mass is 1040 g/mol. The number of carbonyl (C=O) groups is 3. The van der Waals surface area contributed by atoms with E-state index in [1.165, 1.54) is 250 Å². The standard InChI is InChI=1S/C68H126O6/c1-4-7-10-13-16-19-21-23-24-25-26-27-28-29-30-31-32-33-34-35-36-37-38-39-40-41-42-43-44-45-47-49-52-55-58-61-67(70)73-64-65(63-72-66(69)60-57-54-51-48-18-15-12-9-6-3)74-68(71)62-59-56-53-50-46-22-20-17-14-11-8-5-2/h17,20-21,23,25-26,65H,4-16,18-19,22,24,27-64H2,1-3H3/b20-17-,23-21-,26-25-. The lowest BCUT2D eigenvalue weighted by Crippen LogP contribution is -2.30. The van der Waals surface area contributed by atoms with Crippen LogP contribution >= 0.6 is 0 Å². The Morgan fingerprint density at radius 2 is 0.486 bits per heavy atom. The Bertz CT molecular complexity index is 1240. The summed E-state index contributed by atoms with van der Waals surface area (Å²) in [5, 5.41) is 0. The number of rotatable bonds is 61. The van der Waals surface area contributed by atoms with Crippen molar-refractivity contribution in [2.75, 3.05) is 13.2 Å². The molecular formula is C68H126O6. The van der Waals surface area contributed by atoms with Gasteiger partial charge >= 0.3 is 17.9 Å². The van der Waals surface area contributed by atoms with Crippen LogP contribution in [0.5, 0.6) is 0 Å². The second kappa shape index (κ2) is 63.2. The fraction of sp³-hybridized carbons (Fsp3) is 0.868. The molecule has 0 saturated heterocycles. The zero-order valence-corrected chi connectivity index (χ0v) is 49.9. The SMILES string of the molecule is CCCCC/C=C\CCCCCCCC(=O)OC(COC(=O)CCCCCCCCCCC)COC(=O)CCCCCCCCCCCCCCCCCCCCCCCCC/C=C\C/C=C\CCCCCCC. The van der Waals surface area contributed by atoms with E-state index in [0.717, 1.165) is 70.6 Å². The predicted octanol–water partition coefficient (Wildman–Crippen LogP) is 22.4. The molecule has 0 aliphatic rings. The Morgan fingerprint density at radius 1 is 0.270 bits per heavy atom. The molecule has 1 unspecified atom stereocenters. The van der Waals surface area contributed by atoms with Gasteiger partial charge in [-0.25, -0.2) is 0 Å². The molecular weight excluding hydrogens is 913 g/mol. The number of carbonyl (C=O) groups excluding carboxylic acids is 3. The van der Waals surface area contributed by atoms with Gasteiger partial charge in [-0.05, 0) is 77.0 Å². The number of esters is 3. The van der Waals surface area contributed by atoms with Gasteiger partial charge in [0, 0.05) is 19.3 Å². The van der Waals surface area contributed by atoms with Crippen molar-refractivity contribution in [2.45, 2.75) is 367 Å². The molecule has 0 fully saturated rings. The molecule has 0 rings (SSSR count). The van der Waals surface area contributed by atoms with Gasteiger partial charge < -0.3 is 14.2 Å². The fourth-order valence-electron chi connectivity index (χ4n) is 9.88. The van der Waals surface area contributed by atoms with Gasteiger partial charge in [0.2, 0.25) is 0 Å². The largest absolute Gasteiger partial charge is 0.462 e.